The number of fused-ring (bicyclic) bond motifs is 1. The first-order valence-corrected chi connectivity index (χ1v) is 7.28. The highest BCUT2D eigenvalue weighted by Gasteiger charge is 2.11. The quantitative estimate of drug-likeness (QED) is 0.796. The molecule has 0 aliphatic rings. The molecular formula is C18H15FN2O2. The Bertz CT molecular complexity index is 853. The summed E-state index contributed by atoms with van der Waals surface area (Å²) in [5.41, 5.74) is 1.34. The number of anilines is 1. The number of para-hydroxylation sites is 1. The minimum atomic E-state index is -0.363. The van der Waals surface area contributed by atoms with Crippen molar-refractivity contribution in [2.24, 2.45) is 0 Å². The molecule has 1 heterocycles. The fourth-order valence-corrected chi connectivity index (χ4v) is 2.40. The Kier molecular flexibility index (Phi) is 4.19. The Hall–Kier alpha value is -2.95. The standard InChI is InChI=1S/C18H15FN2O2/c19-14-5-7-15(8-6-14)20-17(22)9-10-18(23)21-12-11-13-3-1-2-4-16(13)21/h1-8,11-12H,9-10H2,(H,20,22). The van der Waals surface area contributed by atoms with Gasteiger partial charge in [-0.15, -0.1) is 0 Å². The number of nitrogens with zero attached hydrogens (tertiary/aromatic N) is 1. The summed E-state index contributed by atoms with van der Waals surface area (Å²) in [7, 11) is 0. The highest BCUT2D eigenvalue weighted by molar-refractivity contribution is 5.96. The maximum Gasteiger partial charge on any atom is 0.231 e. The molecule has 0 unspecified atom stereocenters. The van der Waals surface area contributed by atoms with Crippen molar-refractivity contribution in [2.45, 2.75) is 12.8 Å². The molecule has 0 fully saturated rings. The van der Waals surface area contributed by atoms with Crippen LogP contribution in [-0.4, -0.2) is 16.4 Å². The lowest BCUT2D eigenvalue weighted by molar-refractivity contribution is -0.116. The van der Waals surface area contributed by atoms with Gasteiger partial charge in [0.25, 0.3) is 0 Å². The van der Waals surface area contributed by atoms with Gasteiger partial charge in [-0.1, -0.05) is 18.2 Å². The summed E-state index contributed by atoms with van der Waals surface area (Å²) in [6.07, 6.45) is 1.89. The Balaban J connectivity index is 1.60. The predicted molar refractivity (Wildman–Crippen MR) is 86.8 cm³/mol. The number of nitrogens with one attached hydrogen (secondary N) is 1. The Morgan fingerprint density at radius 3 is 2.48 bits per heavy atom. The van der Waals surface area contributed by atoms with Gasteiger partial charge in [-0.3, -0.25) is 14.2 Å². The number of hydrogen-bond acceptors (Lipinski definition) is 2. The van der Waals surface area contributed by atoms with Crippen LogP contribution in [0.3, 0.4) is 0 Å². The summed E-state index contributed by atoms with van der Waals surface area (Å²) in [5, 5.41) is 3.62. The van der Waals surface area contributed by atoms with Crippen molar-refractivity contribution in [1.29, 1.82) is 0 Å². The number of hydrogen-bond donors (Lipinski definition) is 1. The zero-order chi connectivity index (χ0) is 16.2. The van der Waals surface area contributed by atoms with E-state index in [1.807, 2.05) is 30.3 Å². The molecule has 2 aromatic carbocycles. The number of carbonyl (C=O) groups is 2. The van der Waals surface area contributed by atoms with Crippen molar-refractivity contribution in [3.8, 4) is 0 Å². The molecule has 0 spiro atoms. The van der Waals surface area contributed by atoms with Crippen molar-refractivity contribution in [3.05, 3.63) is 66.6 Å². The summed E-state index contributed by atoms with van der Waals surface area (Å²) in [5.74, 6) is -0.778. The third-order valence-corrected chi connectivity index (χ3v) is 3.56. The highest BCUT2D eigenvalue weighted by atomic mass is 19.1. The van der Waals surface area contributed by atoms with Gasteiger partial charge >= 0.3 is 0 Å². The van der Waals surface area contributed by atoms with Crippen LogP contribution in [-0.2, 0) is 4.79 Å². The number of amides is 1. The minimum absolute atomic E-state index is 0.0721. The topological polar surface area (TPSA) is 51.1 Å². The van der Waals surface area contributed by atoms with E-state index in [-0.39, 0.29) is 30.5 Å². The lowest BCUT2D eigenvalue weighted by Crippen LogP contribution is -2.16. The van der Waals surface area contributed by atoms with Gasteiger partial charge in [0.05, 0.1) is 5.52 Å². The molecule has 3 aromatic rings. The first-order valence-electron chi connectivity index (χ1n) is 7.28. The molecule has 23 heavy (non-hydrogen) atoms. The Morgan fingerprint density at radius 2 is 1.70 bits per heavy atom. The summed E-state index contributed by atoms with van der Waals surface area (Å²) in [6.45, 7) is 0. The number of benzene rings is 2. The predicted octanol–water partition coefficient (Wildman–Crippen LogP) is 3.84. The van der Waals surface area contributed by atoms with Crippen LogP contribution in [0.15, 0.2) is 60.8 Å². The molecule has 0 aliphatic carbocycles. The highest BCUT2D eigenvalue weighted by Crippen LogP contribution is 2.16. The Labute approximate surface area is 132 Å². The molecule has 0 aliphatic heterocycles. The maximum atomic E-state index is 12.8. The van der Waals surface area contributed by atoms with Crippen LogP contribution in [0.25, 0.3) is 10.9 Å². The van der Waals surface area contributed by atoms with Crippen molar-refractivity contribution >= 4 is 28.4 Å². The summed E-state index contributed by atoms with van der Waals surface area (Å²) in [6, 6.07) is 14.9. The Morgan fingerprint density at radius 1 is 0.957 bits per heavy atom. The van der Waals surface area contributed by atoms with E-state index in [0.29, 0.717) is 5.69 Å². The molecule has 0 radical (unpaired) electrons. The van der Waals surface area contributed by atoms with Gasteiger partial charge in [0.1, 0.15) is 5.82 Å². The molecule has 0 saturated heterocycles. The fraction of sp³-hybridized carbons (Fsp3) is 0.111. The van der Waals surface area contributed by atoms with Crippen molar-refractivity contribution < 1.29 is 14.0 Å². The zero-order valence-corrected chi connectivity index (χ0v) is 12.3. The monoisotopic (exact) mass is 310 g/mol. The van der Waals surface area contributed by atoms with E-state index < -0.39 is 0 Å². The second kappa shape index (κ2) is 6.44. The second-order valence-corrected chi connectivity index (χ2v) is 5.19. The largest absolute Gasteiger partial charge is 0.326 e. The third-order valence-electron chi connectivity index (χ3n) is 3.56. The smallest absolute Gasteiger partial charge is 0.231 e. The fourth-order valence-electron chi connectivity index (χ4n) is 2.40. The normalized spacial score (nSPS) is 10.7. The van der Waals surface area contributed by atoms with E-state index in [4.69, 9.17) is 0 Å². The van der Waals surface area contributed by atoms with Crippen molar-refractivity contribution in [2.75, 3.05) is 5.32 Å². The van der Waals surface area contributed by atoms with Crippen LogP contribution >= 0.6 is 0 Å². The van der Waals surface area contributed by atoms with Gasteiger partial charge in [-0.25, -0.2) is 4.39 Å². The average molecular weight is 310 g/mol. The molecular weight excluding hydrogens is 295 g/mol. The maximum absolute atomic E-state index is 12.8. The number of aromatic nitrogens is 1. The van der Waals surface area contributed by atoms with E-state index in [9.17, 15) is 14.0 Å². The number of halogens is 1. The van der Waals surface area contributed by atoms with Crippen LogP contribution in [0.4, 0.5) is 10.1 Å². The van der Waals surface area contributed by atoms with E-state index >= 15 is 0 Å². The van der Waals surface area contributed by atoms with Gasteiger partial charge in [0, 0.05) is 30.1 Å². The van der Waals surface area contributed by atoms with E-state index in [2.05, 4.69) is 5.32 Å². The van der Waals surface area contributed by atoms with Gasteiger partial charge < -0.3 is 5.32 Å². The van der Waals surface area contributed by atoms with E-state index in [1.165, 1.54) is 24.3 Å². The lowest BCUT2D eigenvalue weighted by atomic mass is 10.2. The summed E-state index contributed by atoms with van der Waals surface area (Å²) < 4.78 is 14.4. The SMILES string of the molecule is O=C(CCC(=O)n1ccc2ccccc21)Nc1ccc(F)cc1. The van der Waals surface area contributed by atoms with Crippen LogP contribution < -0.4 is 5.32 Å². The zero-order valence-electron chi connectivity index (χ0n) is 12.3. The summed E-state index contributed by atoms with van der Waals surface area (Å²) in [4.78, 5) is 24.1. The first-order chi connectivity index (χ1) is 11.1. The van der Waals surface area contributed by atoms with Gasteiger partial charge in [-0.2, -0.15) is 0 Å². The molecule has 1 amide bonds. The van der Waals surface area contributed by atoms with Gasteiger partial charge in [-0.05, 0) is 36.4 Å². The molecule has 4 nitrogen and oxygen atoms in total. The van der Waals surface area contributed by atoms with Gasteiger partial charge in [0.2, 0.25) is 11.8 Å². The van der Waals surface area contributed by atoms with Crippen LogP contribution in [0.1, 0.15) is 17.6 Å². The molecule has 0 saturated carbocycles. The average Bonchev–Trinajstić information content (AvgIpc) is 2.99. The molecule has 0 atom stereocenters. The number of carbonyl (C=O) groups excluding carboxylic acids is 2. The lowest BCUT2D eigenvalue weighted by Gasteiger charge is -2.06. The van der Waals surface area contributed by atoms with Crippen molar-refractivity contribution in [1.82, 2.24) is 4.57 Å². The molecule has 5 heteroatoms. The minimum Gasteiger partial charge on any atom is -0.326 e. The third kappa shape index (κ3) is 3.45. The molecule has 3 rings (SSSR count). The van der Waals surface area contributed by atoms with Crippen LogP contribution in [0, 0.1) is 5.82 Å². The molecule has 1 aromatic heterocycles. The molecule has 116 valence electrons. The van der Waals surface area contributed by atoms with Crippen LogP contribution in [0.2, 0.25) is 0 Å². The second-order valence-electron chi connectivity index (χ2n) is 5.19. The first kappa shape index (κ1) is 15.0. The number of rotatable bonds is 4. The van der Waals surface area contributed by atoms with Crippen LogP contribution in [0.5, 0.6) is 0 Å². The molecule has 1 N–H and O–H groups in total. The van der Waals surface area contributed by atoms with E-state index in [0.717, 1.165) is 10.9 Å². The summed E-state index contributed by atoms with van der Waals surface area (Å²) >= 11 is 0. The molecule has 0 bridgehead atoms. The van der Waals surface area contributed by atoms with E-state index in [1.54, 1.807) is 10.8 Å². The van der Waals surface area contributed by atoms with Gasteiger partial charge in [0.15, 0.2) is 0 Å². The van der Waals surface area contributed by atoms with Crippen molar-refractivity contribution in [3.63, 3.8) is 0 Å².